The molecule has 0 radical (unpaired) electrons. The minimum absolute atomic E-state index is 0.467. The van der Waals surface area contributed by atoms with E-state index in [9.17, 15) is 0 Å². The van der Waals surface area contributed by atoms with Crippen LogP contribution in [0.2, 0.25) is 0 Å². The van der Waals surface area contributed by atoms with Gasteiger partial charge in [-0.05, 0) is 50.8 Å². The molecular weight excluding hydrogens is 357 g/mol. The topological polar surface area (TPSA) is 3.24 Å². The number of rotatable bonds is 1. The van der Waals surface area contributed by atoms with E-state index in [1.54, 1.807) is 0 Å². The summed E-state index contributed by atoms with van der Waals surface area (Å²) in [6.07, 6.45) is 14.9. The Bertz CT molecular complexity index is 639. The molecule has 3 atom stereocenters. The van der Waals surface area contributed by atoms with Gasteiger partial charge in [-0.1, -0.05) is 48.6 Å². The van der Waals surface area contributed by atoms with Gasteiger partial charge < -0.3 is 4.90 Å². The second kappa shape index (κ2) is 4.92. The molecule has 0 bridgehead atoms. The van der Waals surface area contributed by atoms with Crippen molar-refractivity contribution in [2.45, 2.75) is 12.5 Å². The Kier molecular flexibility index (Phi) is 3.06. The maximum atomic E-state index is 2.52. The average molecular weight is 373 g/mol. The first-order chi connectivity index (χ1) is 9.84. The second-order valence-corrected chi connectivity index (χ2v) is 6.94. The van der Waals surface area contributed by atoms with Crippen molar-refractivity contribution in [3.8, 4) is 0 Å². The van der Waals surface area contributed by atoms with E-state index < -0.39 is 0 Å². The van der Waals surface area contributed by atoms with E-state index in [0.29, 0.717) is 17.9 Å². The number of allylic oxidation sites excluding steroid dienone is 6. The quantitative estimate of drug-likeness (QED) is 0.637. The van der Waals surface area contributed by atoms with Crippen molar-refractivity contribution >= 4 is 28.3 Å². The lowest BCUT2D eigenvalue weighted by molar-refractivity contribution is 0.491. The van der Waals surface area contributed by atoms with Crippen LogP contribution in [-0.2, 0) is 0 Å². The zero-order chi connectivity index (χ0) is 13.5. The molecule has 3 aliphatic rings. The molecule has 4 rings (SSSR count). The summed E-state index contributed by atoms with van der Waals surface area (Å²) in [6.45, 7) is 0. The van der Waals surface area contributed by atoms with E-state index in [2.05, 4.69) is 94.3 Å². The first-order valence-electron chi connectivity index (χ1n) is 7.10. The molecule has 1 saturated heterocycles. The fraction of sp³-hybridized carbons (Fsp3) is 0.222. The molecule has 1 aromatic rings. The van der Waals surface area contributed by atoms with E-state index in [0.717, 1.165) is 0 Å². The number of fused-ring (bicyclic) bond motifs is 3. The standard InChI is InChI=1S/C18H16IN/c19-13-10-11-18-16(12-13)15-8-4-5-9-17(15)20(18)14-6-2-1-3-7-14/h1-11,15-17H,12H2/t15?,16-,17?/m0/s1. The zero-order valence-electron chi connectivity index (χ0n) is 11.1. The minimum atomic E-state index is 0.467. The molecule has 0 saturated carbocycles. The second-order valence-electron chi connectivity index (χ2n) is 5.56. The van der Waals surface area contributed by atoms with Crippen molar-refractivity contribution in [2.24, 2.45) is 11.8 Å². The van der Waals surface area contributed by atoms with E-state index in [1.165, 1.54) is 21.4 Å². The summed E-state index contributed by atoms with van der Waals surface area (Å²) in [7, 11) is 0. The maximum absolute atomic E-state index is 2.52. The molecule has 1 heterocycles. The third-order valence-electron chi connectivity index (χ3n) is 4.45. The lowest BCUT2D eigenvalue weighted by Gasteiger charge is -2.28. The first kappa shape index (κ1) is 12.5. The Morgan fingerprint density at radius 3 is 2.65 bits per heavy atom. The number of para-hydroxylation sites is 1. The molecule has 0 N–H and O–H groups in total. The molecule has 0 amide bonds. The molecule has 0 spiro atoms. The molecule has 2 heteroatoms. The van der Waals surface area contributed by atoms with Gasteiger partial charge in [-0.2, -0.15) is 0 Å². The smallest absolute Gasteiger partial charge is 0.0591 e. The summed E-state index contributed by atoms with van der Waals surface area (Å²) in [5, 5.41) is 0. The van der Waals surface area contributed by atoms with Crippen LogP contribution in [0.25, 0.3) is 0 Å². The van der Waals surface area contributed by atoms with Crippen molar-refractivity contribution in [1.82, 2.24) is 0 Å². The molecule has 100 valence electrons. The van der Waals surface area contributed by atoms with Crippen molar-refractivity contribution in [3.63, 3.8) is 0 Å². The third kappa shape index (κ3) is 1.89. The fourth-order valence-corrected chi connectivity index (χ4v) is 4.25. The van der Waals surface area contributed by atoms with Crippen LogP contribution in [0.5, 0.6) is 0 Å². The van der Waals surface area contributed by atoms with Gasteiger partial charge in [0.25, 0.3) is 0 Å². The van der Waals surface area contributed by atoms with Gasteiger partial charge in [0.1, 0.15) is 0 Å². The number of anilines is 1. The molecular formula is C18H16IN. The van der Waals surface area contributed by atoms with Crippen LogP contribution in [0.1, 0.15) is 6.42 Å². The lowest BCUT2D eigenvalue weighted by atomic mass is 9.83. The fourth-order valence-electron chi connectivity index (χ4n) is 3.60. The van der Waals surface area contributed by atoms with Gasteiger partial charge in [0.15, 0.2) is 0 Å². The van der Waals surface area contributed by atoms with Crippen LogP contribution in [-0.4, -0.2) is 6.04 Å². The monoisotopic (exact) mass is 373 g/mol. The molecule has 2 unspecified atom stereocenters. The predicted molar refractivity (Wildman–Crippen MR) is 92.8 cm³/mol. The zero-order valence-corrected chi connectivity index (χ0v) is 13.3. The Balaban J connectivity index is 1.83. The molecule has 1 nitrogen and oxygen atoms in total. The first-order valence-corrected chi connectivity index (χ1v) is 8.18. The third-order valence-corrected chi connectivity index (χ3v) is 5.25. The van der Waals surface area contributed by atoms with Crippen molar-refractivity contribution in [3.05, 3.63) is 76.1 Å². The summed E-state index contributed by atoms with van der Waals surface area (Å²) < 4.78 is 1.47. The van der Waals surface area contributed by atoms with E-state index in [1.807, 2.05) is 0 Å². The molecule has 1 fully saturated rings. The van der Waals surface area contributed by atoms with Crippen molar-refractivity contribution in [2.75, 3.05) is 4.90 Å². The summed E-state index contributed by atoms with van der Waals surface area (Å²) in [6, 6.07) is 11.2. The highest BCUT2D eigenvalue weighted by Gasteiger charge is 2.44. The van der Waals surface area contributed by atoms with E-state index in [4.69, 9.17) is 0 Å². The normalized spacial score (nSPS) is 30.6. The Labute approximate surface area is 133 Å². The number of benzene rings is 1. The number of hydrogen-bond donors (Lipinski definition) is 0. The molecule has 1 aromatic carbocycles. The number of nitrogens with zero attached hydrogens (tertiary/aromatic N) is 1. The lowest BCUT2D eigenvalue weighted by Crippen LogP contribution is -2.30. The minimum Gasteiger partial charge on any atom is -0.337 e. The van der Waals surface area contributed by atoms with Gasteiger partial charge >= 0.3 is 0 Å². The van der Waals surface area contributed by atoms with Gasteiger partial charge in [0.05, 0.1) is 6.04 Å². The van der Waals surface area contributed by atoms with Crippen molar-refractivity contribution < 1.29 is 0 Å². The molecule has 20 heavy (non-hydrogen) atoms. The van der Waals surface area contributed by atoms with E-state index in [-0.39, 0.29) is 0 Å². The van der Waals surface area contributed by atoms with Gasteiger partial charge in [-0.15, -0.1) is 0 Å². The summed E-state index contributed by atoms with van der Waals surface area (Å²) >= 11 is 2.47. The summed E-state index contributed by atoms with van der Waals surface area (Å²) in [5.74, 6) is 1.23. The van der Waals surface area contributed by atoms with Crippen LogP contribution in [0.15, 0.2) is 76.1 Å². The Morgan fingerprint density at radius 2 is 1.80 bits per heavy atom. The summed E-state index contributed by atoms with van der Waals surface area (Å²) in [4.78, 5) is 2.52. The van der Waals surface area contributed by atoms with Crippen LogP contribution < -0.4 is 4.90 Å². The predicted octanol–water partition coefficient (Wildman–Crippen LogP) is 4.84. The van der Waals surface area contributed by atoms with Gasteiger partial charge in [0.2, 0.25) is 0 Å². The Morgan fingerprint density at radius 1 is 1.00 bits per heavy atom. The van der Waals surface area contributed by atoms with Crippen molar-refractivity contribution in [1.29, 1.82) is 0 Å². The van der Waals surface area contributed by atoms with Gasteiger partial charge in [-0.3, -0.25) is 0 Å². The molecule has 2 aliphatic carbocycles. The average Bonchev–Trinajstić information content (AvgIpc) is 2.82. The highest BCUT2D eigenvalue weighted by atomic mass is 127. The van der Waals surface area contributed by atoms with Gasteiger partial charge in [0, 0.05) is 23.2 Å². The van der Waals surface area contributed by atoms with E-state index >= 15 is 0 Å². The maximum Gasteiger partial charge on any atom is 0.0591 e. The number of halogens is 1. The number of hydrogen-bond acceptors (Lipinski definition) is 1. The highest BCUT2D eigenvalue weighted by molar-refractivity contribution is 14.1. The van der Waals surface area contributed by atoms with Crippen LogP contribution in [0.4, 0.5) is 5.69 Å². The highest BCUT2D eigenvalue weighted by Crippen LogP contribution is 2.48. The van der Waals surface area contributed by atoms with Crippen LogP contribution >= 0.6 is 22.6 Å². The SMILES string of the molecule is IC1=CC=C2[C@@H](C1)C1C=CC=CC1N2c1ccccc1. The van der Waals surface area contributed by atoms with Gasteiger partial charge in [-0.25, -0.2) is 0 Å². The van der Waals surface area contributed by atoms with Crippen LogP contribution in [0, 0.1) is 11.8 Å². The Hall–Kier alpha value is -1.29. The molecule has 1 aliphatic heterocycles. The molecule has 0 aromatic heterocycles. The van der Waals surface area contributed by atoms with Crippen LogP contribution in [0.3, 0.4) is 0 Å². The summed E-state index contributed by atoms with van der Waals surface area (Å²) in [5.41, 5.74) is 2.78. The largest absolute Gasteiger partial charge is 0.337 e.